The van der Waals surface area contributed by atoms with Crippen LogP contribution in [0.15, 0.2) is 54.9 Å². The van der Waals surface area contributed by atoms with E-state index in [4.69, 9.17) is 17.0 Å². The topological polar surface area (TPSA) is 40.6 Å². The highest BCUT2D eigenvalue weighted by Crippen LogP contribution is 2.31. The second-order valence-electron chi connectivity index (χ2n) is 6.07. The molecule has 1 saturated heterocycles. The molecule has 1 N–H and O–H groups in total. The van der Waals surface area contributed by atoms with Crippen LogP contribution in [-0.2, 0) is 0 Å². The zero-order chi connectivity index (χ0) is 17.1. The molecule has 5 nitrogen and oxygen atoms in total. The van der Waals surface area contributed by atoms with Gasteiger partial charge in [0.15, 0.2) is 5.11 Å². The molecule has 0 amide bonds. The zero-order valence-corrected chi connectivity index (χ0v) is 14.7. The molecule has 0 saturated carbocycles. The van der Waals surface area contributed by atoms with E-state index in [0.717, 1.165) is 54.0 Å². The Balaban J connectivity index is 1.34. The van der Waals surface area contributed by atoms with E-state index in [0.29, 0.717) is 6.61 Å². The molecule has 0 aliphatic carbocycles. The Kier molecular flexibility index (Phi) is 4.52. The van der Waals surface area contributed by atoms with Crippen molar-refractivity contribution in [1.29, 1.82) is 0 Å². The Morgan fingerprint density at radius 3 is 2.68 bits per heavy atom. The molecule has 0 atom stereocenters. The first-order chi connectivity index (χ1) is 12.3. The van der Waals surface area contributed by atoms with Crippen LogP contribution < -0.4 is 15.0 Å². The summed E-state index contributed by atoms with van der Waals surface area (Å²) in [7, 11) is 0. The van der Waals surface area contributed by atoms with Gasteiger partial charge >= 0.3 is 0 Å². The fourth-order valence-electron chi connectivity index (χ4n) is 3.13. The summed E-state index contributed by atoms with van der Waals surface area (Å²) >= 11 is 5.56. The van der Waals surface area contributed by atoms with Crippen LogP contribution in [0.4, 0.5) is 5.82 Å². The summed E-state index contributed by atoms with van der Waals surface area (Å²) in [5, 5.41) is 4.03. The van der Waals surface area contributed by atoms with Crippen molar-refractivity contribution in [2.45, 2.75) is 0 Å². The monoisotopic (exact) mass is 352 g/mol. The lowest BCUT2D eigenvalue weighted by atomic mass is 10.1. The van der Waals surface area contributed by atoms with Crippen LogP contribution in [0.1, 0.15) is 5.56 Å². The van der Waals surface area contributed by atoms with E-state index in [2.05, 4.69) is 26.2 Å². The summed E-state index contributed by atoms with van der Waals surface area (Å²) in [5.74, 6) is 1.97. The molecular formula is C19H20N4OS. The average molecular weight is 352 g/mol. The number of hydrogen-bond donors (Lipinski definition) is 1. The molecule has 2 aromatic rings. The van der Waals surface area contributed by atoms with Crippen LogP contribution in [0.3, 0.4) is 0 Å². The van der Waals surface area contributed by atoms with E-state index < -0.39 is 0 Å². The van der Waals surface area contributed by atoms with Gasteiger partial charge in [0.1, 0.15) is 18.2 Å². The maximum Gasteiger partial charge on any atom is 0.173 e. The lowest BCUT2D eigenvalue weighted by Crippen LogP contribution is -2.51. The van der Waals surface area contributed by atoms with Gasteiger partial charge in [-0.05, 0) is 30.4 Å². The molecular weight excluding hydrogens is 332 g/mol. The highest BCUT2D eigenvalue weighted by atomic mass is 32.1. The highest BCUT2D eigenvalue weighted by Gasteiger charge is 2.20. The van der Waals surface area contributed by atoms with Gasteiger partial charge in [0.2, 0.25) is 0 Å². The number of aromatic nitrogens is 1. The minimum Gasteiger partial charge on any atom is -0.488 e. The second kappa shape index (κ2) is 7.11. The third-order valence-electron chi connectivity index (χ3n) is 4.53. The van der Waals surface area contributed by atoms with Crippen molar-refractivity contribution in [3.05, 3.63) is 60.4 Å². The zero-order valence-electron chi connectivity index (χ0n) is 13.9. The lowest BCUT2D eigenvalue weighted by molar-refractivity contribution is 0.382. The molecule has 0 spiro atoms. The highest BCUT2D eigenvalue weighted by molar-refractivity contribution is 7.80. The molecule has 2 aliphatic heterocycles. The minimum absolute atomic E-state index is 0.586. The SMILES string of the molecule is S=C(N/C=C1/COc2ccccc21)N1CCN(c2ccccn2)CC1. The Bertz CT molecular complexity index is 785. The molecule has 3 heterocycles. The summed E-state index contributed by atoms with van der Waals surface area (Å²) in [6.45, 7) is 4.20. The van der Waals surface area contributed by atoms with Gasteiger partial charge in [-0.25, -0.2) is 4.98 Å². The maximum absolute atomic E-state index is 5.67. The molecule has 1 aromatic heterocycles. The number of ether oxygens (including phenoxy) is 1. The Labute approximate surface area is 152 Å². The molecule has 4 rings (SSSR count). The van der Waals surface area contributed by atoms with Gasteiger partial charge in [0, 0.05) is 49.7 Å². The number of thiocarbonyl (C=S) groups is 1. The minimum atomic E-state index is 0.586. The molecule has 128 valence electrons. The van der Waals surface area contributed by atoms with Gasteiger partial charge in [-0.1, -0.05) is 24.3 Å². The van der Waals surface area contributed by atoms with Crippen LogP contribution in [0.5, 0.6) is 5.75 Å². The van der Waals surface area contributed by atoms with Crippen molar-refractivity contribution in [2.75, 3.05) is 37.7 Å². The number of pyridine rings is 1. The fraction of sp³-hybridized carbons (Fsp3) is 0.263. The Morgan fingerprint density at radius 1 is 1.08 bits per heavy atom. The van der Waals surface area contributed by atoms with Gasteiger partial charge in [-0.3, -0.25) is 0 Å². The number of anilines is 1. The van der Waals surface area contributed by atoms with Crippen LogP contribution in [0.25, 0.3) is 5.57 Å². The molecule has 1 aromatic carbocycles. The first kappa shape index (κ1) is 15.9. The number of nitrogens with zero attached hydrogens (tertiary/aromatic N) is 3. The van der Waals surface area contributed by atoms with E-state index in [9.17, 15) is 0 Å². The Morgan fingerprint density at radius 2 is 1.88 bits per heavy atom. The van der Waals surface area contributed by atoms with Crippen molar-refractivity contribution in [3.8, 4) is 5.75 Å². The molecule has 2 aliphatic rings. The first-order valence-electron chi connectivity index (χ1n) is 8.44. The van der Waals surface area contributed by atoms with Crippen molar-refractivity contribution in [2.24, 2.45) is 0 Å². The first-order valence-corrected chi connectivity index (χ1v) is 8.85. The van der Waals surface area contributed by atoms with Gasteiger partial charge < -0.3 is 19.9 Å². The largest absolute Gasteiger partial charge is 0.488 e. The van der Waals surface area contributed by atoms with E-state index in [1.807, 2.05) is 48.8 Å². The quantitative estimate of drug-likeness (QED) is 0.838. The predicted molar refractivity (Wildman–Crippen MR) is 104 cm³/mol. The molecule has 1 fully saturated rings. The summed E-state index contributed by atoms with van der Waals surface area (Å²) in [5.41, 5.74) is 2.27. The molecule has 0 unspecified atom stereocenters. The summed E-state index contributed by atoms with van der Waals surface area (Å²) in [6, 6.07) is 14.1. The molecule has 0 radical (unpaired) electrons. The van der Waals surface area contributed by atoms with Gasteiger partial charge in [0.25, 0.3) is 0 Å². The van der Waals surface area contributed by atoms with Gasteiger partial charge in [-0.2, -0.15) is 0 Å². The number of para-hydroxylation sites is 1. The third kappa shape index (κ3) is 3.44. The summed E-state index contributed by atoms with van der Waals surface area (Å²) in [6.07, 6.45) is 3.81. The van der Waals surface area contributed by atoms with Crippen molar-refractivity contribution in [3.63, 3.8) is 0 Å². The number of hydrogen-bond acceptors (Lipinski definition) is 4. The maximum atomic E-state index is 5.67. The fourth-order valence-corrected chi connectivity index (χ4v) is 3.37. The van der Waals surface area contributed by atoms with E-state index in [1.54, 1.807) is 0 Å². The summed E-state index contributed by atoms with van der Waals surface area (Å²) in [4.78, 5) is 8.91. The normalized spacial score (nSPS) is 18.0. The number of fused-ring (bicyclic) bond motifs is 1. The number of nitrogens with one attached hydrogen (secondary N) is 1. The van der Waals surface area contributed by atoms with Crippen molar-refractivity contribution < 1.29 is 4.74 Å². The van der Waals surface area contributed by atoms with Crippen LogP contribution in [0.2, 0.25) is 0 Å². The smallest absolute Gasteiger partial charge is 0.173 e. The van der Waals surface area contributed by atoms with E-state index in [-0.39, 0.29) is 0 Å². The Hall–Kier alpha value is -2.60. The lowest BCUT2D eigenvalue weighted by Gasteiger charge is -2.36. The second-order valence-corrected chi connectivity index (χ2v) is 6.45. The van der Waals surface area contributed by atoms with E-state index >= 15 is 0 Å². The molecule has 6 heteroatoms. The van der Waals surface area contributed by atoms with Gasteiger partial charge in [-0.15, -0.1) is 0 Å². The average Bonchev–Trinajstić information content (AvgIpc) is 3.10. The van der Waals surface area contributed by atoms with Crippen molar-refractivity contribution >= 4 is 28.7 Å². The van der Waals surface area contributed by atoms with Gasteiger partial charge in [0.05, 0.1) is 0 Å². The number of rotatable bonds is 2. The van der Waals surface area contributed by atoms with Crippen LogP contribution in [-0.4, -0.2) is 47.8 Å². The van der Waals surface area contributed by atoms with Crippen LogP contribution in [0, 0.1) is 0 Å². The summed E-state index contributed by atoms with van der Waals surface area (Å²) < 4.78 is 5.67. The standard InChI is InChI=1S/C19H20N4OS/c25-19(21-13-15-14-24-17-6-2-1-5-16(15)17)23-11-9-22(10-12-23)18-7-3-4-8-20-18/h1-8,13H,9-12,14H2,(H,21,25)/b15-13-. The molecule has 25 heavy (non-hydrogen) atoms. The van der Waals surface area contributed by atoms with E-state index in [1.165, 1.54) is 0 Å². The van der Waals surface area contributed by atoms with Crippen LogP contribution >= 0.6 is 12.2 Å². The molecule has 0 bridgehead atoms. The third-order valence-corrected chi connectivity index (χ3v) is 4.90. The number of benzene rings is 1. The predicted octanol–water partition coefficient (Wildman–Crippen LogP) is 2.51. The number of piperazine rings is 1. The van der Waals surface area contributed by atoms with Crippen molar-refractivity contribution in [1.82, 2.24) is 15.2 Å².